The molecular weight excluding hydrogens is 315 g/mol. The standard InChI is InChI=1S/C17H14F5O/c18-6-12-13(7-19)15(9-21)17(16(10-22)14(12)8-20)23-11-4-2-1-3-5-11/h1-2,4-5H,6-10H2. The highest BCUT2D eigenvalue weighted by Crippen LogP contribution is 2.39. The van der Waals surface area contributed by atoms with Crippen molar-refractivity contribution in [1.29, 1.82) is 0 Å². The molecular formula is C17H14F5O. The van der Waals surface area contributed by atoms with E-state index in [1.807, 2.05) is 0 Å². The second-order valence-corrected chi connectivity index (χ2v) is 4.73. The maximum Gasteiger partial charge on any atom is 0.139 e. The third-order valence-corrected chi connectivity index (χ3v) is 3.57. The zero-order valence-corrected chi connectivity index (χ0v) is 12.1. The van der Waals surface area contributed by atoms with Crippen LogP contribution in [0.3, 0.4) is 0 Å². The van der Waals surface area contributed by atoms with E-state index in [0.717, 1.165) is 0 Å². The Hall–Kier alpha value is -2.11. The fourth-order valence-corrected chi connectivity index (χ4v) is 2.45. The number of rotatable bonds is 7. The summed E-state index contributed by atoms with van der Waals surface area (Å²) in [5.74, 6) is -0.0911. The van der Waals surface area contributed by atoms with Gasteiger partial charge in [-0.2, -0.15) is 0 Å². The van der Waals surface area contributed by atoms with Crippen molar-refractivity contribution < 1.29 is 26.7 Å². The van der Waals surface area contributed by atoms with E-state index in [2.05, 4.69) is 6.07 Å². The van der Waals surface area contributed by atoms with Gasteiger partial charge in [-0.3, -0.25) is 0 Å². The first-order valence-electron chi connectivity index (χ1n) is 6.83. The van der Waals surface area contributed by atoms with Crippen LogP contribution in [0.4, 0.5) is 22.0 Å². The molecule has 2 aromatic rings. The molecule has 2 rings (SSSR count). The molecule has 0 fully saturated rings. The van der Waals surface area contributed by atoms with E-state index < -0.39 is 33.4 Å². The van der Waals surface area contributed by atoms with Gasteiger partial charge < -0.3 is 4.74 Å². The Kier molecular flexibility index (Phi) is 5.96. The number of hydrogen-bond acceptors (Lipinski definition) is 1. The zero-order chi connectivity index (χ0) is 16.8. The third kappa shape index (κ3) is 3.30. The quantitative estimate of drug-likeness (QED) is 0.599. The van der Waals surface area contributed by atoms with E-state index in [1.165, 1.54) is 12.1 Å². The molecule has 0 bridgehead atoms. The van der Waals surface area contributed by atoms with Gasteiger partial charge in [-0.05, 0) is 34.9 Å². The molecule has 2 aromatic carbocycles. The molecule has 0 aliphatic heterocycles. The minimum absolute atomic E-state index is 0.208. The van der Waals surface area contributed by atoms with Gasteiger partial charge in [0.25, 0.3) is 0 Å². The highest BCUT2D eigenvalue weighted by Gasteiger charge is 2.25. The molecule has 0 atom stereocenters. The second kappa shape index (κ2) is 7.94. The van der Waals surface area contributed by atoms with E-state index >= 15 is 0 Å². The van der Waals surface area contributed by atoms with Crippen LogP contribution in [-0.4, -0.2) is 0 Å². The maximum absolute atomic E-state index is 13.4. The van der Waals surface area contributed by atoms with Gasteiger partial charge in [0.1, 0.15) is 44.9 Å². The lowest BCUT2D eigenvalue weighted by atomic mass is 9.92. The van der Waals surface area contributed by atoms with Crippen molar-refractivity contribution in [2.45, 2.75) is 33.4 Å². The van der Waals surface area contributed by atoms with Crippen LogP contribution in [0.1, 0.15) is 27.8 Å². The van der Waals surface area contributed by atoms with Gasteiger partial charge >= 0.3 is 0 Å². The summed E-state index contributed by atoms with van der Waals surface area (Å²) in [7, 11) is 0. The lowest BCUT2D eigenvalue weighted by molar-refractivity contribution is 0.387. The summed E-state index contributed by atoms with van der Waals surface area (Å²) >= 11 is 0. The van der Waals surface area contributed by atoms with Crippen LogP contribution in [0.25, 0.3) is 0 Å². The Bertz CT molecular complexity index is 625. The summed E-state index contributed by atoms with van der Waals surface area (Å²) in [6.45, 7) is -5.97. The van der Waals surface area contributed by atoms with Crippen LogP contribution in [0, 0.1) is 6.07 Å². The molecule has 0 N–H and O–H groups in total. The number of halogens is 5. The summed E-state index contributed by atoms with van der Waals surface area (Å²) in [6, 6.07) is 8.81. The highest BCUT2D eigenvalue weighted by atomic mass is 19.1. The average molecular weight is 329 g/mol. The van der Waals surface area contributed by atoms with Gasteiger partial charge in [0, 0.05) is 11.1 Å². The van der Waals surface area contributed by atoms with Gasteiger partial charge in [-0.25, -0.2) is 22.0 Å². The van der Waals surface area contributed by atoms with E-state index in [-0.39, 0.29) is 39.3 Å². The van der Waals surface area contributed by atoms with Crippen LogP contribution in [0.5, 0.6) is 11.5 Å². The first-order chi connectivity index (χ1) is 11.2. The topological polar surface area (TPSA) is 9.23 Å². The lowest BCUT2D eigenvalue weighted by Gasteiger charge is -2.21. The van der Waals surface area contributed by atoms with Crippen LogP contribution in [0.2, 0.25) is 0 Å². The van der Waals surface area contributed by atoms with E-state index in [0.29, 0.717) is 0 Å². The van der Waals surface area contributed by atoms with Gasteiger partial charge in [0.2, 0.25) is 0 Å². The van der Waals surface area contributed by atoms with Gasteiger partial charge in [0.15, 0.2) is 0 Å². The molecule has 0 saturated carbocycles. The zero-order valence-electron chi connectivity index (χ0n) is 12.1. The minimum atomic E-state index is -1.21. The Balaban J connectivity index is 2.71. The largest absolute Gasteiger partial charge is 0.457 e. The summed E-state index contributed by atoms with van der Waals surface area (Å²) in [5, 5.41) is 0. The van der Waals surface area contributed by atoms with Gasteiger partial charge in [0.05, 0.1) is 0 Å². The first kappa shape index (κ1) is 17.2. The summed E-state index contributed by atoms with van der Waals surface area (Å²) in [5.41, 5.74) is -1.59. The Labute approximate surface area is 130 Å². The molecule has 0 spiro atoms. The molecule has 1 radical (unpaired) electrons. The maximum atomic E-state index is 13.4. The molecule has 0 heterocycles. The van der Waals surface area contributed by atoms with Crippen molar-refractivity contribution in [3.8, 4) is 11.5 Å². The number of benzene rings is 2. The molecule has 123 valence electrons. The van der Waals surface area contributed by atoms with Crippen LogP contribution >= 0.6 is 0 Å². The molecule has 0 aromatic heterocycles. The minimum Gasteiger partial charge on any atom is -0.457 e. The molecule has 23 heavy (non-hydrogen) atoms. The van der Waals surface area contributed by atoms with Crippen molar-refractivity contribution in [3.05, 3.63) is 58.1 Å². The molecule has 0 saturated heterocycles. The van der Waals surface area contributed by atoms with Crippen molar-refractivity contribution in [3.63, 3.8) is 0 Å². The van der Waals surface area contributed by atoms with Gasteiger partial charge in [-0.1, -0.05) is 12.1 Å². The van der Waals surface area contributed by atoms with Crippen molar-refractivity contribution in [2.24, 2.45) is 0 Å². The van der Waals surface area contributed by atoms with Crippen molar-refractivity contribution in [2.75, 3.05) is 0 Å². The predicted octanol–water partition coefficient (Wildman–Crippen LogP) is 5.63. The number of ether oxygens (including phenoxy) is 1. The number of hydrogen-bond donors (Lipinski definition) is 0. The van der Waals surface area contributed by atoms with Gasteiger partial charge in [-0.15, -0.1) is 0 Å². The molecule has 0 aliphatic rings. The monoisotopic (exact) mass is 329 g/mol. The van der Waals surface area contributed by atoms with Crippen molar-refractivity contribution >= 4 is 0 Å². The normalized spacial score (nSPS) is 10.8. The van der Waals surface area contributed by atoms with E-state index in [1.54, 1.807) is 12.1 Å². The predicted molar refractivity (Wildman–Crippen MR) is 75.9 cm³/mol. The SMILES string of the molecule is FCc1c(CF)c(CF)c(Oc2c[c]ccc2)c(CF)c1CF. The van der Waals surface area contributed by atoms with Crippen LogP contribution in [0.15, 0.2) is 24.3 Å². The third-order valence-electron chi connectivity index (χ3n) is 3.57. The Morgan fingerprint density at radius 2 is 1.22 bits per heavy atom. The molecule has 0 aliphatic carbocycles. The van der Waals surface area contributed by atoms with E-state index in [4.69, 9.17) is 4.74 Å². The summed E-state index contributed by atoms with van der Waals surface area (Å²) < 4.78 is 72.0. The molecule has 6 heteroatoms. The molecule has 0 amide bonds. The summed E-state index contributed by atoms with van der Waals surface area (Å²) in [4.78, 5) is 0. The van der Waals surface area contributed by atoms with Crippen LogP contribution < -0.4 is 4.74 Å². The second-order valence-electron chi connectivity index (χ2n) is 4.73. The van der Waals surface area contributed by atoms with Crippen molar-refractivity contribution in [1.82, 2.24) is 0 Å². The average Bonchev–Trinajstić information content (AvgIpc) is 2.60. The summed E-state index contributed by atoms with van der Waals surface area (Å²) in [6.07, 6.45) is 0. The highest BCUT2D eigenvalue weighted by molar-refractivity contribution is 5.56. The molecule has 0 unspecified atom stereocenters. The fraction of sp³-hybridized carbons (Fsp3) is 0.294. The Morgan fingerprint density at radius 1 is 0.739 bits per heavy atom. The fourth-order valence-electron chi connectivity index (χ4n) is 2.45. The lowest BCUT2D eigenvalue weighted by Crippen LogP contribution is -2.08. The first-order valence-corrected chi connectivity index (χ1v) is 6.83. The Morgan fingerprint density at radius 3 is 1.61 bits per heavy atom. The van der Waals surface area contributed by atoms with E-state index in [9.17, 15) is 22.0 Å². The number of alkyl halides is 5. The smallest absolute Gasteiger partial charge is 0.139 e. The molecule has 1 nitrogen and oxygen atoms in total. The van der Waals surface area contributed by atoms with Crippen LogP contribution in [-0.2, 0) is 33.4 Å².